The molecular formula is C8H16N2O3. The fourth-order valence-corrected chi connectivity index (χ4v) is 0.649. The van der Waals surface area contributed by atoms with Crippen LogP contribution in [0.3, 0.4) is 0 Å². The molecule has 0 aliphatic carbocycles. The maximum absolute atomic E-state index is 10.8. The molecule has 76 valence electrons. The second-order valence-electron chi connectivity index (χ2n) is 2.55. The minimum Gasteiger partial charge on any atom is -0.450 e. The molecule has 0 rings (SSSR count). The molecule has 5 heteroatoms. The van der Waals surface area contributed by atoms with E-state index in [2.05, 4.69) is 10.6 Å². The molecule has 0 unspecified atom stereocenters. The van der Waals surface area contributed by atoms with Gasteiger partial charge in [-0.1, -0.05) is 6.92 Å². The zero-order chi connectivity index (χ0) is 10.1. The van der Waals surface area contributed by atoms with E-state index < -0.39 is 6.09 Å². The van der Waals surface area contributed by atoms with Crippen molar-refractivity contribution < 1.29 is 14.3 Å². The Morgan fingerprint density at radius 1 is 1.23 bits per heavy atom. The van der Waals surface area contributed by atoms with Gasteiger partial charge in [0.25, 0.3) is 0 Å². The number of hydrogen-bond donors (Lipinski definition) is 2. The van der Waals surface area contributed by atoms with Crippen LogP contribution in [0.2, 0.25) is 0 Å². The third kappa shape index (κ3) is 8.65. The van der Waals surface area contributed by atoms with Crippen molar-refractivity contribution in [2.24, 2.45) is 0 Å². The van der Waals surface area contributed by atoms with Crippen LogP contribution in [0, 0.1) is 0 Å². The third-order valence-corrected chi connectivity index (χ3v) is 1.21. The smallest absolute Gasteiger partial charge is 0.407 e. The van der Waals surface area contributed by atoms with Gasteiger partial charge in [-0.05, 0) is 6.42 Å². The van der Waals surface area contributed by atoms with E-state index in [1.807, 2.05) is 6.92 Å². The number of ether oxygens (including phenoxy) is 1. The predicted octanol–water partition coefficient (Wildman–Crippen LogP) is 0.259. The molecule has 0 aliphatic rings. The minimum absolute atomic E-state index is 0.108. The summed E-state index contributed by atoms with van der Waals surface area (Å²) >= 11 is 0. The summed E-state index contributed by atoms with van der Waals surface area (Å²) in [6, 6.07) is 0. The standard InChI is InChI=1S/C8H16N2O3/c1-3-6-13-8(12)10-5-4-9-7(2)11/h3-6H2,1-2H3,(H,9,11)(H,10,12). The monoisotopic (exact) mass is 188 g/mol. The Hall–Kier alpha value is -1.26. The average Bonchev–Trinajstić information content (AvgIpc) is 2.08. The van der Waals surface area contributed by atoms with Crippen LogP contribution >= 0.6 is 0 Å². The highest BCUT2D eigenvalue weighted by atomic mass is 16.5. The highest BCUT2D eigenvalue weighted by molar-refractivity contribution is 5.73. The molecule has 0 aromatic heterocycles. The van der Waals surface area contributed by atoms with E-state index in [0.29, 0.717) is 19.7 Å². The second kappa shape index (κ2) is 7.39. The van der Waals surface area contributed by atoms with Crippen molar-refractivity contribution in [3.63, 3.8) is 0 Å². The van der Waals surface area contributed by atoms with Crippen LogP contribution in [0.4, 0.5) is 4.79 Å². The third-order valence-electron chi connectivity index (χ3n) is 1.21. The van der Waals surface area contributed by atoms with Crippen LogP contribution in [0.15, 0.2) is 0 Å². The van der Waals surface area contributed by atoms with Crippen molar-refractivity contribution in [3.8, 4) is 0 Å². The average molecular weight is 188 g/mol. The second-order valence-corrected chi connectivity index (χ2v) is 2.55. The zero-order valence-electron chi connectivity index (χ0n) is 8.05. The predicted molar refractivity (Wildman–Crippen MR) is 48.3 cm³/mol. The lowest BCUT2D eigenvalue weighted by atomic mass is 10.5. The number of carbonyl (C=O) groups excluding carboxylic acids is 2. The van der Waals surface area contributed by atoms with Gasteiger partial charge in [-0.15, -0.1) is 0 Å². The van der Waals surface area contributed by atoms with Crippen molar-refractivity contribution in [3.05, 3.63) is 0 Å². The SMILES string of the molecule is CCCOC(=O)NCCNC(C)=O. The summed E-state index contributed by atoms with van der Waals surface area (Å²) in [5, 5.41) is 5.04. The molecule has 0 aliphatic heterocycles. The van der Waals surface area contributed by atoms with Gasteiger partial charge in [0.1, 0.15) is 0 Å². The molecule has 0 aromatic carbocycles. The van der Waals surface area contributed by atoms with E-state index in [9.17, 15) is 9.59 Å². The maximum Gasteiger partial charge on any atom is 0.407 e. The molecule has 0 aromatic rings. The van der Waals surface area contributed by atoms with Gasteiger partial charge in [0, 0.05) is 20.0 Å². The quantitative estimate of drug-likeness (QED) is 0.608. The van der Waals surface area contributed by atoms with Crippen LogP contribution < -0.4 is 10.6 Å². The Bertz CT molecular complexity index is 171. The Balaban J connectivity index is 3.22. The van der Waals surface area contributed by atoms with Gasteiger partial charge in [0.05, 0.1) is 6.61 Å². The summed E-state index contributed by atoms with van der Waals surface area (Å²) in [7, 11) is 0. The number of amides is 2. The summed E-state index contributed by atoms with van der Waals surface area (Å²) < 4.78 is 4.74. The van der Waals surface area contributed by atoms with E-state index in [1.165, 1.54) is 6.92 Å². The lowest BCUT2D eigenvalue weighted by molar-refractivity contribution is -0.118. The highest BCUT2D eigenvalue weighted by Gasteiger charge is 1.98. The van der Waals surface area contributed by atoms with Crippen LogP contribution in [0.5, 0.6) is 0 Å². The molecule has 0 bridgehead atoms. The molecule has 0 radical (unpaired) electrons. The van der Waals surface area contributed by atoms with Crippen molar-refractivity contribution in [1.82, 2.24) is 10.6 Å². The first-order valence-electron chi connectivity index (χ1n) is 4.32. The van der Waals surface area contributed by atoms with Crippen LogP contribution in [0.25, 0.3) is 0 Å². The van der Waals surface area contributed by atoms with Crippen LogP contribution in [-0.4, -0.2) is 31.7 Å². The van der Waals surface area contributed by atoms with E-state index >= 15 is 0 Å². The molecule has 2 N–H and O–H groups in total. The van der Waals surface area contributed by atoms with Gasteiger partial charge < -0.3 is 15.4 Å². The molecule has 0 fully saturated rings. The number of carbonyl (C=O) groups is 2. The summed E-state index contributed by atoms with van der Waals surface area (Å²) in [5.74, 6) is -0.108. The van der Waals surface area contributed by atoms with Gasteiger partial charge in [0.2, 0.25) is 5.91 Å². The van der Waals surface area contributed by atoms with Gasteiger partial charge in [-0.2, -0.15) is 0 Å². The van der Waals surface area contributed by atoms with Crippen LogP contribution in [0.1, 0.15) is 20.3 Å². The van der Waals surface area contributed by atoms with Gasteiger partial charge in [-0.25, -0.2) is 4.79 Å². The molecule has 2 amide bonds. The van der Waals surface area contributed by atoms with Crippen LogP contribution in [-0.2, 0) is 9.53 Å². The normalized spacial score (nSPS) is 9.08. The Morgan fingerprint density at radius 3 is 2.38 bits per heavy atom. The molecular weight excluding hydrogens is 172 g/mol. The van der Waals surface area contributed by atoms with Gasteiger partial charge >= 0.3 is 6.09 Å². The zero-order valence-corrected chi connectivity index (χ0v) is 8.05. The number of hydrogen-bond acceptors (Lipinski definition) is 3. The van der Waals surface area contributed by atoms with E-state index in [0.717, 1.165) is 6.42 Å². The highest BCUT2D eigenvalue weighted by Crippen LogP contribution is 1.80. The topological polar surface area (TPSA) is 67.4 Å². The Labute approximate surface area is 77.8 Å². The molecule has 0 saturated carbocycles. The first-order valence-corrected chi connectivity index (χ1v) is 4.32. The molecule has 0 atom stereocenters. The molecule has 0 heterocycles. The Morgan fingerprint density at radius 2 is 1.85 bits per heavy atom. The molecule has 0 saturated heterocycles. The summed E-state index contributed by atoms with van der Waals surface area (Å²) in [5.41, 5.74) is 0. The van der Waals surface area contributed by atoms with Crippen molar-refractivity contribution >= 4 is 12.0 Å². The summed E-state index contributed by atoms with van der Waals surface area (Å²) in [6.45, 7) is 4.59. The molecule has 13 heavy (non-hydrogen) atoms. The number of nitrogens with one attached hydrogen (secondary N) is 2. The fourth-order valence-electron chi connectivity index (χ4n) is 0.649. The van der Waals surface area contributed by atoms with Crippen molar-refractivity contribution in [2.45, 2.75) is 20.3 Å². The minimum atomic E-state index is -0.438. The van der Waals surface area contributed by atoms with E-state index in [-0.39, 0.29) is 5.91 Å². The Kier molecular flexibility index (Phi) is 6.68. The first-order chi connectivity index (χ1) is 6.16. The van der Waals surface area contributed by atoms with Gasteiger partial charge in [-0.3, -0.25) is 4.79 Å². The number of rotatable bonds is 5. The first kappa shape index (κ1) is 11.7. The van der Waals surface area contributed by atoms with E-state index in [4.69, 9.17) is 4.74 Å². The lowest BCUT2D eigenvalue weighted by Gasteiger charge is -2.05. The van der Waals surface area contributed by atoms with Crippen molar-refractivity contribution in [1.29, 1.82) is 0 Å². The van der Waals surface area contributed by atoms with Crippen molar-refractivity contribution in [2.75, 3.05) is 19.7 Å². The fraction of sp³-hybridized carbons (Fsp3) is 0.750. The molecule has 0 spiro atoms. The number of alkyl carbamates (subject to hydrolysis) is 1. The molecule has 5 nitrogen and oxygen atoms in total. The summed E-state index contributed by atoms with van der Waals surface area (Å²) in [4.78, 5) is 21.2. The maximum atomic E-state index is 10.8. The van der Waals surface area contributed by atoms with E-state index in [1.54, 1.807) is 0 Å². The largest absolute Gasteiger partial charge is 0.450 e. The lowest BCUT2D eigenvalue weighted by Crippen LogP contribution is -2.34. The summed E-state index contributed by atoms with van der Waals surface area (Å²) in [6.07, 6.45) is 0.367. The van der Waals surface area contributed by atoms with Gasteiger partial charge in [0.15, 0.2) is 0 Å².